The van der Waals surface area contributed by atoms with Gasteiger partial charge in [0.1, 0.15) is 0 Å². The van der Waals surface area contributed by atoms with Crippen LogP contribution >= 0.6 is 15.9 Å². The minimum Gasteiger partial charge on any atom is -0.364 e. The number of likely N-dealkylation sites (N-methyl/N-ethyl adjacent to an activating group) is 2. The molecule has 0 amide bonds. The molecular weight excluding hydrogens is 290 g/mol. The SMILES string of the molecule is CNCC1CN(C)C(C)CN1c1ccc(Br)cc1. The minimum absolute atomic E-state index is 0.539. The van der Waals surface area contributed by atoms with E-state index < -0.39 is 0 Å². The van der Waals surface area contributed by atoms with E-state index in [-0.39, 0.29) is 0 Å². The van der Waals surface area contributed by atoms with Crippen LogP contribution in [-0.4, -0.2) is 50.7 Å². The first-order valence-electron chi connectivity index (χ1n) is 6.49. The second-order valence-corrected chi connectivity index (χ2v) is 6.04. The molecule has 3 nitrogen and oxygen atoms in total. The van der Waals surface area contributed by atoms with Crippen molar-refractivity contribution in [2.45, 2.75) is 19.0 Å². The minimum atomic E-state index is 0.539. The molecule has 1 aliphatic rings. The van der Waals surface area contributed by atoms with Crippen molar-refractivity contribution in [1.82, 2.24) is 10.2 Å². The van der Waals surface area contributed by atoms with Gasteiger partial charge in [0.05, 0.1) is 6.04 Å². The molecule has 0 spiro atoms. The number of benzene rings is 1. The molecule has 1 aliphatic heterocycles. The lowest BCUT2D eigenvalue weighted by molar-refractivity contribution is 0.199. The number of hydrogen-bond acceptors (Lipinski definition) is 3. The number of nitrogens with one attached hydrogen (secondary N) is 1. The van der Waals surface area contributed by atoms with Crippen molar-refractivity contribution in [1.29, 1.82) is 0 Å². The van der Waals surface area contributed by atoms with E-state index in [9.17, 15) is 0 Å². The first-order chi connectivity index (χ1) is 8.61. The van der Waals surface area contributed by atoms with Crippen LogP contribution in [0.15, 0.2) is 28.7 Å². The van der Waals surface area contributed by atoms with Crippen molar-refractivity contribution < 1.29 is 0 Å². The average molecular weight is 312 g/mol. The average Bonchev–Trinajstić information content (AvgIpc) is 2.35. The van der Waals surface area contributed by atoms with Crippen LogP contribution in [0.1, 0.15) is 6.92 Å². The number of rotatable bonds is 3. The molecule has 0 aromatic heterocycles. The van der Waals surface area contributed by atoms with Crippen LogP contribution in [0.2, 0.25) is 0 Å². The molecule has 1 fully saturated rings. The zero-order chi connectivity index (χ0) is 13.1. The molecule has 0 bridgehead atoms. The van der Waals surface area contributed by atoms with Crippen molar-refractivity contribution in [3.05, 3.63) is 28.7 Å². The van der Waals surface area contributed by atoms with Crippen LogP contribution in [-0.2, 0) is 0 Å². The third kappa shape index (κ3) is 3.05. The standard InChI is InChI=1S/C14H22BrN3/c1-11-9-18(13-6-4-12(15)5-7-13)14(8-16-2)10-17(11)3/h4-7,11,14,16H,8-10H2,1-3H3. The molecule has 18 heavy (non-hydrogen) atoms. The topological polar surface area (TPSA) is 18.5 Å². The number of piperazine rings is 1. The fraction of sp³-hybridized carbons (Fsp3) is 0.571. The molecular formula is C14H22BrN3. The van der Waals surface area contributed by atoms with Gasteiger partial charge in [0.15, 0.2) is 0 Å². The van der Waals surface area contributed by atoms with Gasteiger partial charge in [0.2, 0.25) is 0 Å². The Labute approximate surface area is 118 Å². The van der Waals surface area contributed by atoms with Crippen LogP contribution in [0.5, 0.6) is 0 Å². The van der Waals surface area contributed by atoms with Crippen LogP contribution in [0.25, 0.3) is 0 Å². The monoisotopic (exact) mass is 311 g/mol. The number of anilines is 1. The van der Waals surface area contributed by atoms with Gasteiger partial charge in [-0.1, -0.05) is 15.9 Å². The van der Waals surface area contributed by atoms with Gasteiger partial charge in [-0.15, -0.1) is 0 Å². The molecule has 1 N–H and O–H groups in total. The van der Waals surface area contributed by atoms with Gasteiger partial charge in [-0.05, 0) is 45.3 Å². The van der Waals surface area contributed by atoms with E-state index in [1.807, 2.05) is 7.05 Å². The largest absolute Gasteiger partial charge is 0.364 e. The molecule has 100 valence electrons. The second kappa shape index (κ2) is 6.04. The highest BCUT2D eigenvalue weighted by molar-refractivity contribution is 9.10. The maximum absolute atomic E-state index is 3.50. The predicted molar refractivity (Wildman–Crippen MR) is 81.3 cm³/mol. The zero-order valence-electron chi connectivity index (χ0n) is 11.4. The molecule has 0 radical (unpaired) electrons. The van der Waals surface area contributed by atoms with Gasteiger partial charge in [-0.25, -0.2) is 0 Å². The van der Waals surface area contributed by atoms with E-state index in [1.54, 1.807) is 0 Å². The summed E-state index contributed by atoms with van der Waals surface area (Å²) < 4.78 is 1.14. The van der Waals surface area contributed by atoms with Gasteiger partial charge < -0.3 is 10.2 Å². The Bertz CT molecular complexity index is 379. The van der Waals surface area contributed by atoms with Gasteiger partial charge in [0.25, 0.3) is 0 Å². The van der Waals surface area contributed by atoms with Gasteiger partial charge in [-0.3, -0.25) is 4.90 Å². The molecule has 1 aromatic rings. The molecule has 2 rings (SSSR count). The lowest BCUT2D eigenvalue weighted by Crippen LogP contribution is -2.58. The Morgan fingerprint density at radius 1 is 1.28 bits per heavy atom. The zero-order valence-corrected chi connectivity index (χ0v) is 12.9. The lowest BCUT2D eigenvalue weighted by atomic mass is 10.1. The van der Waals surface area contributed by atoms with E-state index in [1.165, 1.54) is 5.69 Å². The highest BCUT2D eigenvalue weighted by Crippen LogP contribution is 2.24. The summed E-state index contributed by atoms with van der Waals surface area (Å²) in [5.74, 6) is 0. The summed E-state index contributed by atoms with van der Waals surface area (Å²) in [4.78, 5) is 4.96. The number of hydrogen-bond donors (Lipinski definition) is 1. The van der Waals surface area contributed by atoms with Crippen molar-refractivity contribution in [3.8, 4) is 0 Å². The smallest absolute Gasteiger partial charge is 0.0542 e. The Morgan fingerprint density at radius 2 is 1.94 bits per heavy atom. The molecule has 2 atom stereocenters. The summed E-state index contributed by atoms with van der Waals surface area (Å²) in [6.07, 6.45) is 0. The number of nitrogens with zero attached hydrogens (tertiary/aromatic N) is 2. The second-order valence-electron chi connectivity index (χ2n) is 5.13. The summed E-state index contributed by atoms with van der Waals surface area (Å²) in [6, 6.07) is 9.78. The highest BCUT2D eigenvalue weighted by atomic mass is 79.9. The van der Waals surface area contributed by atoms with Crippen LogP contribution in [0.3, 0.4) is 0 Å². The summed E-state index contributed by atoms with van der Waals surface area (Å²) in [5.41, 5.74) is 1.32. The van der Waals surface area contributed by atoms with Crippen LogP contribution in [0, 0.1) is 0 Å². The Morgan fingerprint density at radius 3 is 2.56 bits per heavy atom. The Balaban J connectivity index is 2.19. The van der Waals surface area contributed by atoms with E-state index in [0.29, 0.717) is 12.1 Å². The first kappa shape index (κ1) is 13.8. The fourth-order valence-corrected chi connectivity index (χ4v) is 2.81. The maximum Gasteiger partial charge on any atom is 0.0542 e. The van der Waals surface area contributed by atoms with Crippen molar-refractivity contribution >= 4 is 21.6 Å². The van der Waals surface area contributed by atoms with E-state index >= 15 is 0 Å². The molecule has 0 aliphatic carbocycles. The fourth-order valence-electron chi connectivity index (χ4n) is 2.54. The normalized spacial score (nSPS) is 25.4. The lowest BCUT2D eigenvalue weighted by Gasteiger charge is -2.45. The third-order valence-electron chi connectivity index (χ3n) is 3.75. The predicted octanol–water partition coefficient (Wildman–Crippen LogP) is 2.18. The summed E-state index contributed by atoms with van der Waals surface area (Å²) >= 11 is 3.50. The first-order valence-corrected chi connectivity index (χ1v) is 7.28. The summed E-state index contributed by atoms with van der Waals surface area (Å²) in [6.45, 7) is 5.51. The van der Waals surface area contributed by atoms with E-state index in [2.05, 4.69) is 69.3 Å². The van der Waals surface area contributed by atoms with Gasteiger partial charge >= 0.3 is 0 Å². The van der Waals surface area contributed by atoms with Gasteiger partial charge in [0, 0.05) is 35.8 Å². The van der Waals surface area contributed by atoms with Crippen molar-refractivity contribution in [3.63, 3.8) is 0 Å². The molecule has 0 saturated carbocycles. The Kier molecular flexibility index (Phi) is 4.65. The van der Waals surface area contributed by atoms with E-state index in [4.69, 9.17) is 0 Å². The number of halogens is 1. The highest BCUT2D eigenvalue weighted by Gasteiger charge is 2.29. The quantitative estimate of drug-likeness (QED) is 0.923. The third-order valence-corrected chi connectivity index (χ3v) is 4.28. The molecule has 1 heterocycles. The van der Waals surface area contributed by atoms with Crippen molar-refractivity contribution in [2.24, 2.45) is 0 Å². The molecule has 1 aromatic carbocycles. The Hall–Kier alpha value is -0.580. The van der Waals surface area contributed by atoms with Gasteiger partial charge in [-0.2, -0.15) is 0 Å². The summed E-state index contributed by atoms with van der Waals surface area (Å²) in [5, 5.41) is 3.31. The van der Waals surface area contributed by atoms with Crippen LogP contribution in [0.4, 0.5) is 5.69 Å². The molecule has 2 unspecified atom stereocenters. The molecule has 4 heteroatoms. The molecule has 1 saturated heterocycles. The van der Waals surface area contributed by atoms with Crippen LogP contribution < -0.4 is 10.2 Å². The summed E-state index contributed by atoms with van der Waals surface area (Å²) in [7, 11) is 4.24. The maximum atomic E-state index is 3.50. The van der Waals surface area contributed by atoms with Crippen molar-refractivity contribution in [2.75, 3.05) is 38.6 Å². The van der Waals surface area contributed by atoms with E-state index in [0.717, 1.165) is 24.1 Å².